The van der Waals surface area contributed by atoms with Gasteiger partial charge in [0.15, 0.2) is 0 Å². The molecule has 3 rings (SSSR count). The highest BCUT2D eigenvalue weighted by molar-refractivity contribution is 8.00. The Morgan fingerprint density at radius 2 is 2.14 bits per heavy atom. The summed E-state index contributed by atoms with van der Waals surface area (Å²) in [4.78, 5) is -0.0933. The summed E-state index contributed by atoms with van der Waals surface area (Å²) < 4.78 is 54.3. The van der Waals surface area contributed by atoms with E-state index in [9.17, 15) is 17.6 Å². The third kappa shape index (κ3) is 5.53. The van der Waals surface area contributed by atoms with Gasteiger partial charge in [0.2, 0.25) is 0 Å². The molecule has 0 radical (unpaired) electrons. The Hall–Kier alpha value is -1.96. The number of aromatic nitrogens is 2. The number of alkyl halides is 4. The van der Waals surface area contributed by atoms with E-state index < -0.39 is 17.7 Å². The standard InChI is InChI=1S/C16H17F4N5S.C2H6/c17-10-9-22-8-6-11(10)23-14-5-1-4-13-15(26-16(18,19)20)12(3-2-7-21)24-25(13)14;1-2/h1,4-5,10-11,22-23H,6-9,21H2;1-2H3/t10?,11-;/m1./s1. The number of fused-ring (bicyclic) bond motifs is 1. The van der Waals surface area contributed by atoms with Crippen LogP contribution in [0.4, 0.5) is 23.4 Å². The van der Waals surface area contributed by atoms with Crippen LogP contribution in [0.15, 0.2) is 23.1 Å². The zero-order valence-electron chi connectivity index (χ0n) is 15.6. The van der Waals surface area contributed by atoms with E-state index in [2.05, 4.69) is 27.6 Å². The number of halogens is 4. The van der Waals surface area contributed by atoms with E-state index in [4.69, 9.17) is 5.73 Å². The second-order valence-electron chi connectivity index (χ2n) is 5.70. The van der Waals surface area contributed by atoms with Crippen LogP contribution in [0, 0.1) is 11.8 Å². The zero-order chi connectivity index (χ0) is 20.7. The molecule has 28 heavy (non-hydrogen) atoms. The summed E-state index contributed by atoms with van der Waals surface area (Å²) in [7, 11) is 0. The van der Waals surface area contributed by atoms with E-state index in [1.807, 2.05) is 13.8 Å². The highest BCUT2D eigenvalue weighted by Gasteiger charge is 2.33. The summed E-state index contributed by atoms with van der Waals surface area (Å²) in [6.45, 7) is 4.90. The molecule has 154 valence electrons. The Balaban J connectivity index is 0.00000136. The van der Waals surface area contributed by atoms with E-state index in [1.165, 1.54) is 10.6 Å². The molecule has 1 aliphatic rings. The van der Waals surface area contributed by atoms with Crippen molar-refractivity contribution in [3.05, 3.63) is 23.9 Å². The number of thioether (sulfide) groups is 1. The first-order valence-electron chi connectivity index (χ1n) is 8.97. The third-order valence-electron chi connectivity index (χ3n) is 3.88. The molecular weight excluding hydrogens is 394 g/mol. The van der Waals surface area contributed by atoms with E-state index in [-0.39, 0.29) is 41.0 Å². The Morgan fingerprint density at radius 3 is 2.79 bits per heavy atom. The lowest BCUT2D eigenvalue weighted by atomic mass is 10.1. The monoisotopic (exact) mass is 417 g/mol. The third-order valence-corrected chi connectivity index (χ3v) is 4.72. The van der Waals surface area contributed by atoms with Crippen molar-refractivity contribution in [3.8, 4) is 11.8 Å². The topological polar surface area (TPSA) is 67.4 Å². The van der Waals surface area contributed by atoms with Crippen molar-refractivity contribution in [1.29, 1.82) is 0 Å². The van der Waals surface area contributed by atoms with Crippen LogP contribution < -0.4 is 16.4 Å². The number of piperidine rings is 1. The van der Waals surface area contributed by atoms with Crippen molar-refractivity contribution in [3.63, 3.8) is 0 Å². The minimum Gasteiger partial charge on any atom is -0.364 e. The summed E-state index contributed by atoms with van der Waals surface area (Å²) in [5.74, 6) is 5.54. The lowest BCUT2D eigenvalue weighted by Crippen LogP contribution is -2.45. The molecule has 0 spiro atoms. The molecule has 2 aromatic rings. The SMILES string of the molecule is CC.NCC#Cc1nn2c(N[C@@H]3CCNCC3F)cccc2c1SC(F)(F)F. The molecule has 1 fully saturated rings. The number of hydrogen-bond donors (Lipinski definition) is 3. The van der Waals surface area contributed by atoms with Crippen LogP contribution in [0.2, 0.25) is 0 Å². The lowest BCUT2D eigenvalue weighted by Gasteiger charge is -2.28. The van der Waals surface area contributed by atoms with Gasteiger partial charge in [-0.3, -0.25) is 0 Å². The van der Waals surface area contributed by atoms with Gasteiger partial charge in [-0.15, -0.1) is 0 Å². The first-order valence-corrected chi connectivity index (χ1v) is 9.78. The minimum atomic E-state index is -4.48. The number of rotatable bonds is 3. The van der Waals surface area contributed by atoms with Gasteiger partial charge < -0.3 is 16.4 Å². The Labute approximate surface area is 165 Å². The van der Waals surface area contributed by atoms with E-state index in [0.29, 0.717) is 18.8 Å². The first-order chi connectivity index (χ1) is 13.4. The molecule has 4 N–H and O–H groups in total. The van der Waals surface area contributed by atoms with Crippen LogP contribution in [0.3, 0.4) is 0 Å². The molecule has 2 atom stereocenters. The van der Waals surface area contributed by atoms with Gasteiger partial charge in [0, 0.05) is 6.54 Å². The zero-order valence-corrected chi connectivity index (χ0v) is 16.4. The average Bonchev–Trinajstić information content (AvgIpc) is 3.00. The molecule has 0 aromatic carbocycles. The van der Waals surface area contributed by atoms with Crippen molar-refractivity contribution < 1.29 is 17.6 Å². The summed E-state index contributed by atoms with van der Waals surface area (Å²) in [6, 6.07) is 4.34. The number of nitrogens with two attached hydrogens (primary N) is 1. The van der Waals surface area contributed by atoms with E-state index in [0.717, 1.165) is 0 Å². The second kappa shape index (κ2) is 10.0. The van der Waals surface area contributed by atoms with Crippen molar-refractivity contribution in [1.82, 2.24) is 14.9 Å². The average molecular weight is 417 g/mol. The van der Waals surface area contributed by atoms with Gasteiger partial charge in [-0.2, -0.15) is 18.3 Å². The van der Waals surface area contributed by atoms with E-state index in [1.54, 1.807) is 12.1 Å². The molecule has 2 aromatic heterocycles. The van der Waals surface area contributed by atoms with Crippen LogP contribution in [0.5, 0.6) is 0 Å². The number of hydrogen-bond acceptors (Lipinski definition) is 5. The summed E-state index contributed by atoms with van der Waals surface area (Å²) in [5, 5.41) is 10.2. The number of pyridine rings is 1. The van der Waals surface area contributed by atoms with Gasteiger partial charge in [0.1, 0.15) is 17.7 Å². The first kappa shape index (κ1) is 22.3. The van der Waals surface area contributed by atoms with Gasteiger partial charge in [-0.05, 0) is 42.8 Å². The smallest absolute Gasteiger partial charge is 0.364 e. The van der Waals surface area contributed by atoms with Crippen molar-refractivity contribution in [2.24, 2.45) is 5.73 Å². The maximum atomic E-state index is 14.1. The Kier molecular flexibility index (Phi) is 7.98. The minimum absolute atomic E-state index is 0.00543. The Bertz CT molecular complexity index is 840. The maximum absolute atomic E-state index is 14.1. The molecule has 10 heteroatoms. The number of nitrogens with one attached hydrogen (secondary N) is 2. The molecule has 0 bridgehead atoms. The normalized spacial score (nSPS) is 19.4. The highest BCUT2D eigenvalue weighted by atomic mass is 32.2. The van der Waals surface area contributed by atoms with Crippen LogP contribution in [0.25, 0.3) is 5.52 Å². The fraction of sp³-hybridized carbons (Fsp3) is 0.500. The van der Waals surface area contributed by atoms with Gasteiger partial charge in [-0.25, -0.2) is 8.91 Å². The van der Waals surface area contributed by atoms with Crippen molar-refractivity contribution in [2.45, 2.75) is 42.9 Å². The summed E-state index contributed by atoms with van der Waals surface area (Å²) in [5.41, 5.74) is 1.09. The number of nitrogens with zero attached hydrogens (tertiary/aromatic N) is 2. The van der Waals surface area contributed by atoms with Crippen molar-refractivity contribution >= 4 is 23.1 Å². The van der Waals surface area contributed by atoms with E-state index >= 15 is 0 Å². The highest BCUT2D eigenvalue weighted by Crippen LogP contribution is 2.41. The lowest BCUT2D eigenvalue weighted by molar-refractivity contribution is -0.0327. The summed E-state index contributed by atoms with van der Waals surface area (Å²) in [6.07, 6.45) is -0.543. The molecule has 3 heterocycles. The molecule has 1 saturated heterocycles. The molecule has 0 aliphatic carbocycles. The van der Waals surface area contributed by atoms with Crippen molar-refractivity contribution in [2.75, 3.05) is 25.0 Å². The largest absolute Gasteiger partial charge is 0.446 e. The van der Waals surface area contributed by atoms with Crippen LogP contribution in [0.1, 0.15) is 26.0 Å². The molecular formula is C18H23F4N5S. The second-order valence-corrected chi connectivity index (χ2v) is 6.77. The fourth-order valence-corrected chi connectivity index (χ4v) is 3.44. The maximum Gasteiger partial charge on any atom is 0.446 e. The predicted molar refractivity (Wildman–Crippen MR) is 104 cm³/mol. The molecule has 0 saturated carbocycles. The van der Waals surface area contributed by atoms with Gasteiger partial charge in [0.25, 0.3) is 0 Å². The van der Waals surface area contributed by atoms with Crippen LogP contribution in [-0.2, 0) is 0 Å². The van der Waals surface area contributed by atoms with Crippen LogP contribution >= 0.6 is 11.8 Å². The van der Waals surface area contributed by atoms with Crippen LogP contribution in [-0.4, -0.2) is 47.0 Å². The quantitative estimate of drug-likeness (QED) is 0.406. The predicted octanol–water partition coefficient (Wildman–Crippen LogP) is 3.39. The molecule has 1 aliphatic heterocycles. The molecule has 5 nitrogen and oxygen atoms in total. The Morgan fingerprint density at radius 1 is 1.39 bits per heavy atom. The fourth-order valence-electron chi connectivity index (χ4n) is 2.76. The molecule has 0 amide bonds. The number of anilines is 1. The van der Waals surface area contributed by atoms with Gasteiger partial charge in [-0.1, -0.05) is 25.8 Å². The molecule has 1 unspecified atom stereocenters. The van der Waals surface area contributed by atoms with Gasteiger partial charge >= 0.3 is 5.51 Å². The van der Waals surface area contributed by atoms with Gasteiger partial charge in [0.05, 0.1) is 23.0 Å². The summed E-state index contributed by atoms with van der Waals surface area (Å²) >= 11 is -0.269.